The van der Waals surface area contributed by atoms with Gasteiger partial charge in [-0.2, -0.15) is 21.6 Å². The van der Waals surface area contributed by atoms with Gasteiger partial charge in [-0.3, -0.25) is 0 Å². The quantitative estimate of drug-likeness (QED) is 0.364. The molecule has 0 amide bonds. The lowest BCUT2D eigenvalue weighted by molar-refractivity contribution is -0.0472. The maximum Gasteiger partial charge on any atom is 0.512 e. The fourth-order valence-corrected chi connectivity index (χ4v) is 4.23. The van der Waals surface area contributed by atoms with E-state index in [4.69, 9.17) is 0 Å². The average molecular weight is 463 g/mol. The van der Waals surface area contributed by atoms with E-state index in [2.05, 4.69) is 0 Å². The number of hydrogen-bond donors (Lipinski definition) is 0. The zero-order chi connectivity index (χ0) is 21.4. The fourth-order valence-electron chi connectivity index (χ4n) is 1.71. The van der Waals surface area contributed by atoms with Crippen LogP contribution in [0.2, 0.25) is 0 Å². The maximum absolute atomic E-state index is 12.8. The number of hydrogen-bond acceptors (Lipinski definition) is 5. The largest absolute Gasteiger partial charge is 0.512 e. The molecule has 0 bridgehead atoms. The molecule has 5 nitrogen and oxygen atoms in total. The summed E-state index contributed by atoms with van der Waals surface area (Å²) >= 11 is 1.21. The summed E-state index contributed by atoms with van der Waals surface area (Å²) < 4.78 is 103. The highest BCUT2D eigenvalue weighted by atomic mass is 32.3. The Morgan fingerprint density at radius 3 is 1.71 bits per heavy atom. The summed E-state index contributed by atoms with van der Waals surface area (Å²) in [7, 11) is -12.4. The molecule has 0 spiro atoms. The minimum absolute atomic E-state index is 0.114. The van der Waals surface area contributed by atoms with Crippen LogP contribution in [0.15, 0.2) is 65.6 Å². The molecule has 0 atom stereocenters. The SMILES string of the molecule is FCSc1ccccc1.O=S(=O)(F)N(Cc1ccccc1)S(=O)(=O)C(F)(F)F. The van der Waals surface area contributed by atoms with Gasteiger partial charge in [-0.05, 0) is 17.7 Å². The molecule has 2 rings (SSSR count). The molecule has 0 fully saturated rings. The normalized spacial score (nSPS) is 12.4. The lowest BCUT2D eigenvalue weighted by atomic mass is 10.2. The minimum Gasteiger partial charge on any atom is -0.239 e. The molecule has 0 aliphatic rings. The van der Waals surface area contributed by atoms with Gasteiger partial charge in [-0.25, -0.2) is 12.8 Å². The number of benzene rings is 2. The molecule has 0 aliphatic heterocycles. The van der Waals surface area contributed by atoms with E-state index in [9.17, 15) is 38.3 Å². The van der Waals surface area contributed by atoms with Crippen LogP contribution in [0.5, 0.6) is 0 Å². The Labute approximate surface area is 163 Å². The van der Waals surface area contributed by atoms with Crippen LogP contribution in [0, 0.1) is 0 Å². The van der Waals surface area contributed by atoms with E-state index in [1.807, 2.05) is 30.3 Å². The number of rotatable bonds is 6. The molecule has 0 aromatic heterocycles. The summed E-state index contributed by atoms with van der Waals surface area (Å²) in [6, 6.07) is 15.6. The van der Waals surface area contributed by atoms with Gasteiger partial charge in [0.2, 0.25) is 0 Å². The highest BCUT2D eigenvalue weighted by Gasteiger charge is 2.54. The van der Waals surface area contributed by atoms with E-state index >= 15 is 0 Å². The maximum atomic E-state index is 12.8. The molecule has 0 N–H and O–H groups in total. The topological polar surface area (TPSA) is 71.5 Å². The minimum atomic E-state index is -6.32. The van der Waals surface area contributed by atoms with Crippen molar-refractivity contribution in [1.29, 1.82) is 0 Å². The molecule has 28 heavy (non-hydrogen) atoms. The van der Waals surface area contributed by atoms with Crippen molar-refractivity contribution < 1.29 is 38.3 Å². The summed E-state index contributed by atoms with van der Waals surface area (Å²) in [5.74, 6) is 0. The van der Waals surface area contributed by atoms with Crippen LogP contribution in [-0.2, 0) is 27.0 Å². The van der Waals surface area contributed by atoms with Crippen molar-refractivity contribution in [2.75, 3.05) is 6.01 Å². The monoisotopic (exact) mass is 463 g/mol. The standard InChI is InChI=1S/C8H7F4NO4S2.C7H7FS/c9-8(10,11)18(14,15)13(19(12,16)17)6-7-4-2-1-3-5-7;8-6-9-7-4-2-1-3-5-7/h1-5H,6H2;1-5H,6H2. The van der Waals surface area contributed by atoms with Crippen molar-refractivity contribution in [1.82, 2.24) is 3.71 Å². The summed E-state index contributed by atoms with van der Waals surface area (Å²) in [5, 5.41) is 0. The Bertz CT molecular complexity index is 937. The first-order valence-electron chi connectivity index (χ1n) is 7.21. The van der Waals surface area contributed by atoms with E-state index in [1.165, 1.54) is 30.0 Å². The summed E-state index contributed by atoms with van der Waals surface area (Å²) in [4.78, 5) is 0.986. The van der Waals surface area contributed by atoms with E-state index in [0.29, 0.717) is 0 Å². The second kappa shape index (κ2) is 10.2. The predicted molar refractivity (Wildman–Crippen MR) is 95.3 cm³/mol. The van der Waals surface area contributed by atoms with E-state index < -0.39 is 36.2 Å². The molecule has 0 radical (unpaired) electrons. The van der Waals surface area contributed by atoms with Crippen molar-refractivity contribution >= 4 is 32.2 Å². The first-order valence-corrected chi connectivity index (χ1v) is 11.0. The molecule has 0 saturated carbocycles. The summed E-state index contributed by atoms with van der Waals surface area (Å²) in [5.41, 5.74) is -6.03. The molecule has 0 unspecified atom stereocenters. The van der Waals surface area contributed by atoms with Gasteiger partial charge >= 0.3 is 25.9 Å². The lowest BCUT2D eigenvalue weighted by Crippen LogP contribution is -2.42. The molecular weight excluding hydrogens is 449 g/mol. The first kappa shape index (κ1) is 24.3. The Hall–Kier alpha value is -1.70. The van der Waals surface area contributed by atoms with Crippen molar-refractivity contribution in [3.05, 3.63) is 66.2 Å². The zero-order valence-corrected chi connectivity index (χ0v) is 16.3. The molecular formula is C15H14F5NO4S3. The second-order valence-electron chi connectivity index (χ2n) is 4.88. The molecule has 2 aromatic carbocycles. The van der Waals surface area contributed by atoms with E-state index in [-0.39, 0.29) is 11.6 Å². The third-order valence-electron chi connectivity index (χ3n) is 2.92. The highest BCUT2D eigenvalue weighted by Crippen LogP contribution is 2.30. The van der Waals surface area contributed by atoms with Crippen molar-refractivity contribution in [3.63, 3.8) is 0 Å². The van der Waals surface area contributed by atoms with Gasteiger partial charge < -0.3 is 0 Å². The number of thioether (sulfide) groups is 1. The Morgan fingerprint density at radius 1 is 0.857 bits per heavy atom. The molecule has 2 aromatic rings. The second-order valence-corrected chi connectivity index (χ2v) is 9.20. The third kappa shape index (κ3) is 7.37. The molecule has 156 valence electrons. The zero-order valence-electron chi connectivity index (χ0n) is 13.9. The van der Waals surface area contributed by atoms with Crippen LogP contribution in [0.4, 0.5) is 21.4 Å². The van der Waals surface area contributed by atoms with Gasteiger partial charge in [-0.15, -0.1) is 0 Å². The molecule has 13 heteroatoms. The fraction of sp³-hybridized carbons (Fsp3) is 0.200. The number of sulfonamides is 1. The van der Waals surface area contributed by atoms with Crippen LogP contribution < -0.4 is 0 Å². The molecule has 0 heterocycles. The van der Waals surface area contributed by atoms with Gasteiger partial charge in [-0.1, -0.05) is 67.9 Å². The van der Waals surface area contributed by atoms with Crippen molar-refractivity contribution in [3.8, 4) is 0 Å². The van der Waals surface area contributed by atoms with Gasteiger partial charge in [0.05, 0.1) is 6.54 Å². The summed E-state index contributed by atoms with van der Waals surface area (Å²) in [6.45, 7) is -1.28. The van der Waals surface area contributed by atoms with Gasteiger partial charge in [0.15, 0.2) is 0 Å². The average Bonchev–Trinajstić information content (AvgIpc) is 2.60. The predicted octanol–water partition coefficient (Wildman–Crippen LogP) is 4.26. The van der Waals surface area contributed by atoms with Crippen LogP contribution in [0.3, 0.4) is 0 Å². The Balaban J connectivity index is 0.000000362. The van der Waals surface area contributed by atoms with Gasteiger partial charge in [0.25, 0.3) is 0 Å². The smallest absolute Gasteiger partial charge is 0.239 e. The first-order chi connectivity index (χ1) is 12.9. The van der Waals surface area contributed by atoms with Crippen LogP contribution in [-0.4, -0.2) is 32.1 Å². The Kier molecular flexibility index (Phi) is 8.85. The number of alkyl halides is 4. The molecule has 0 aliphatic carbocycles. The third-order valence-corrected chi connectivity index (χ3v) is 6.63. The Morgan fingerprint density at radius 2 is 1.32 bits per heavy atom. The van der Waals surface area contributed by atoms with Gasteiger partial charge in [0.1, 0.15) is 6.01 Å². The lowest BCUT2D eigenvalue weighted by Gasteiger charge is -2.18. The number of halogens is 5. The van der Waals surface area contributed by atoms with E-state index in [1.54, 1.807) is 0 Å². The van der Waals surface area contributed by atoms with Crippen molar-refractivity contribution in [2.24, 2.45) is 0 Å². The van der Waals surface area contributed by atoms with Crippen LogP contribution in [0.1, 0.15) is 5.56 Å². The highest BCUT2D eigenvalue weighted by molar-refractivity contribution is 8.02. The van der Waals surface area contributed by atoms with Crippen LogP contribution in [0.25, 0.3) is 0 Å². The molecule has 0 saturated heterocycles. The van der Waals surface area contributed by atoms with Gasteiger partial charge in [0, 0.05) is 4.90 Å². The van der Waals surface area contributed by atoms with E-state index in [0.717, 1.165) is 17.0 Å². The number of nitrogens with zero attached hydrogens (tertiary/aromatic N) is 1. The van der Waals surface area contributed by atoms with Crippen LogP contribution >= 0.6 is 11.8 Å². The summed E-state index contributed by atoms with van der Waals surface area (Å²) in [6.07, 6.45) is 0. The van der Waals surface area contributed by atoms with Crippen molar-refractivity contribution in [2.45, 2.75) is 16.9 Å².